The Morgan fingerprint density at radius 2 is 1.72 bits per heavy atom. The quantitative estimate of drug-likeness (QED) is 0.814. The van der Waals surface area contributed by atoms with Crippen LogP contribution in [-0.4, -0.2) is 7.11 Å². The van der Waals surface area contributed by atoms with E-state index in [-0.39, 0.29) is 5.92 Å². The lowest BCUT2D eigenvalue weighted by Crippen LogP contribution is -2.00. The summed E-state index contributed by atoms with van der Waals surface area (Å²) in [5.74, 6) is 0.742. The fourth-order valence-corrected chi connectivity index (χ4v) is 1.92. The molecule has 2 aromatic carbocycles. The van der Waals surface area contributed by atoms with Gasteiger partial charge in [-0.15, -0.1) is 0 Å². The first-order chi connectivity index (χ1) is 8.83. The molecule has 0 bridgehead atoms. The van der Waals surface area contributed by atoms with Crippen LogP contribution < -0.4 is 4.74 Å². The van der Waals surface area contributed by atoms with Crippen LogP contribution in [0.2, 0.25) is 0 Å². The van der Waals surface area contributed by atoms with Crippen LogP contribution in [0.4, 0.5) is 0 Å². The van der Waals surface area contributed by atoms with Crippen LogP contribution in [0.3, 0.4) is 0 Å². The third-order valence-electron chi connectivity index (χ3n) is 2.96. The number of nitriles is 1. The summed E-state index contributed by atoms with van der Waals surface area (Å²) in [5, 5.41) is 9.27. The highest BCUT2D eigenvalue weighted by molar-refractivity contribution is 5.32. The lowest BCUT2D eigenvalue weighted by molar-refractivity contribution is 0.414. The average Bonchev–Trinajstić information content (AvgIpc) is 2.46. The summed E-state index contributed by atoms with van der Waals surface area (Å²) >= 11 is 0. The van der Waals surface area contributed by atoms with Crippen molar-refractivity contribution in [1.29, 1.82) is 5.26 Å². The largest absolute Gasteiger partial charge is 0.497 e. The number of methoxy groups -OCH3 is 1. The number of nitrogens with zero attached hydrogens (tertiary/aromatic N) is 1. The molecule has 18 heavy (non-hydrogen) atoms. The van der Waals surface area contributed by atoms with Gasteiger partial charge < -0.3 is 4.74 Å². The van der Waals surface area contributed by atoms with Gasteiger partial charge >= 0.3 is 0 Å². The Labute approximate surface area is 107 Å². The molecule has 0 radical (unpaired) electrons. The normalized spacial score (nSPS) is 11.6. The van der Waals surface area contributed by atoms with Gasteiger partial charge in [0.25, 0.3) is 0 Å². The zero-order valence-corrected chi connectivity index (χ0v) is 10.3. The van der Waals surface area contributed by atoms with Gasteiger partial charge in [-0.2, -0.15) is 5.26 Å². The van der Waals surface area contributed by atoms with Crippen molar-refractivity contribution in [2.75, 3.05) is 7.11 Å². The lowest BCUT2D eigenvalue weighted by atomic mass is 9.93. The zero-order valence-electron chi connectivity index (χ0n) is 10.3. The molecular weight excluding hydrogens is 222 g/mol. The van der Waals surface area contributed by atoms with Gasteiger partial charge in [0, 0.05) is 0 Å². The standard InChI is InChI=1S/C16H15NO/c1-18-16-9-7-13(8-10-16)11-15(12-17)14-5-3-2-4-6-14/h2-10,15H,11H2,1H3/t15-/m0/s1. The van der Waals surface area contributed by atoms with E-state index in [0.717, 1.165) is 23.3 Å². The van der Waals surface area contributed by atoms with Gasteiger partial charge in [0.15, 0.2) is 0 Å². The van der Waals surface area contributed by atoms with Crippen LogP contribution in [0.5, 0.6) is 5.75 Å². The maximum atomic E-state index is 9.27. The number of rotatable bonds is 4. The van der Waals surface area contributed by atoms with Crippen molar-refractivity contribution in [3.8, 4) is 11.8 Å². The van der Waals surface area contributed by atoms with E-state index in [1.807, 2.05) is 54.6 Å². The Hall–Kier alpha value is -2.27. The molecule has 0 aromatic heterocycles. The first-order valence-corrected chi connectivity index (χ1v) is 5.91. The summed E-state index contributed by atoms with van der Waals surface area (Å²) in [6.07, 6.45) is 0.727. The van der Waals surface area contributed by atoms with Gasteiger partial charge in [0.2, 0.25) is 0 Å². The van der Waals surface area contributed by atoms with Gasteiger partial charge in [-0.05, 0) is 29.7 Å². The number of hydrogen-bond donors (Lipinski definition) is 0. The fourth-order valence-electron chi connectivity index (χ4n) is 1.92. The zero-order chi connectivity index (χ0) is 12.8. The molecule has 2 rings (SSSR count). The van der Waals surface area contributed by atoms with Gasteiger partial charge in [0.1, 0.15) is 5.75 Å². The van der Waals surface area contributed by atoms with E-state index in [1.54, 1.807) is 7.11 Å². The lowest BCUT2D eigenvalue weighted by Gasteiger charge is -2.09. The molecule has 0 amide bonds. The van der Waals surface area contributed by atoms with Crippen LogP contribution in [0.15, 0.2) is 54.6 Å². The second kappa shape index (κ2) is 5.88. The molecule has 0 saturated heterocycles. The van der Waals surface area contributed by atoms with E-state index in [1.165, 1.54) is 0 Å². The van der Waals surface area contributed by atoms with Crippen molar-refractivity contribution < 1.29 is 4.74 Å². The van der Waals surface area contributed by atoms with Gasteiger partial charge in [0.05, 0.1) is 19.1 Å². The minimum absolute atomic E-state index is 0.0976. The van der Waals surface area contributed by atoms with E-state index in [2.05, 4.69) is 6.07 Å². The average molecular weight is 237 g/mol. The van der Waals surface area contributed by atoms with E-state index >= 15 is 0 Å². The predicted molar refractivity (Wildman–Crippen MR) is 71.5 cm³/mol. The first-order valence-electron chi connectivity index (χ1n) is 5.91. The summed E-state index contributed by atoms with van der Waals surface area (Å²) in [6, 6.07) is 20.1. The molecule has 0 aliphatic carbocycles. The molecular formula is C16H15NO. The molecule has 0 N–H and O–H groups in total. The SMILES string of the molecule is COc1ccc(C[C@@H](C#N)c2ccccc2)cc1. The Kier molecular flexibility index (Phi) is 3.98. The Morgan fingerprint density at radius 1 is 1.06 bits per heavy atom. The smallest absolute Gasteiger partial charge is 0.118 e. The van der Waals surface area contributed by atoms with Crippen molar-refractivity contribution in [2.24, 2.45) is 0 Å². The molecule has 0 saturated carbocycles. The third kappa shape index (κ3) is 2.89. The summed E-state index contributed by atoms with van der Waals surface area (Å²) < 4.78 is 5.12. The summed E-state index contributed by atoms with van der Waals surface area (Å²) in [4.78, 5) is 0. The number of hydrogen-bond acceptors (Lipinski definition) is 2. The highest BCUT2D eigenvalue weighted by atomic mass is 16.5. The molecule has 0 heterocycles. The highest BCUT2D eigenvalue weighted by Crippen LogP contribution is 2.21. The maximum Gasteiger partial charge on any atom is 0.118 e. The minimum Gasteiger partial charge on any atom is -0.497 e. The fraction of sp³-hybridized carbons (Fsp3) is 0.188. The van der Waals surface area contributed by atoms with Crippen LogP contribution in [0.1, 0.15) is 17.0 Å². The topological polar surface area (TPSA) is 33.0 Å². The molecule has 0 spiro atoms. The van der Waals surface area contributed by atoms with Crippen molar-refractivity contribution >= 4 is 0 Å². The number of ether oxygens (including phenoxy) is 1. The van der Waals surface area contributed by atoms with Gasteiger partial charge in [-0.25, -0.2) is 0 Å². The molecule has 90 valence electrons. The third-order valence-corrected chi connectivity index (χ3v) is 2.96. The van der Waals surface area contributed by atoms with Crippen molar-refractivity contribution in [3.05, 3.63) is 65.7 Å². The molecule has 0 fully saturated rings. The molecule has 2 aromatic rings. The molecule has 0 aliphatic rings. The van der Waals surface area contributed by atoms with Crippen LogP contribution >= 0.6 is 0 Å². The van der Waals surface area contributed by atoms with Crippen molar-refractivity contribution in [1.82, 2.24) is 0 Å². The highest BCUT2D eigenvalue weighted by Gasteiger charge is 2.10. The minimum atomic E-state index is -0.0976. The van der Waals surface area contributed by atoms with Crippen LogP contribution in [0.25, 0.3) is 0 Å². The summed E-state index contributed by atoms with van der Waals surface area (Å²) in [6.45, 7) is 0. The monoisotopic (exact) mass is 237 g/mol. The molecule has 0 aliphatic heterocycles. The maximum absolute atomic E-state index is 9.27. The second-order valence-electron chi connectivity index (χ2n) is 4.14. The molecule has 2 heteroatoms. The van der Waals surface area contributed by atoms with E-state index < -0.39 is 0 Å². The molecule has 0 unspecified atom stereocenters. The molecule has 1 atom stereocenters. The van der Waals surface area contributed by atoms with Crippen molar-refractivity contribution in [2.45, 2.75) is 12.3 Å². The number of benzene rings is 2. The van der Waals surface area contributed by atoms with E-state index in [0.29, 0.717) is 0 Å². The van der Waals surface area contributed by atoms with E-state index in [4.69, 9.17) is 4.74 Å². The summed E-state index contributed by atoms with van der Waals surface area (Å²) in [5.41, 5.74) is 2.21. The Balaban J connectivity index is 2.13. The Bertz CT molecular complexity index is 525. The predicted octanol–water partition coefficient (Wildman–Crippen LogP) is 3.55. The first kappa shape index (κ1) is 12.2. The van der Waals surface area contributed by atoms with Crippen LogP contribution in [0, 0.1) is 11.3 Å². The van der Waals surface area contributed by atoms with Gasteiger partial charge in [-0.1, -0.05) is 42.5 Å². The Morgan fingerprint density at radius 3 is 2.28 bits per heavy atom. The summed E-state index contributed by atoms with van der Waals surface area (Å²) in [7, 11) is 1.65. The second-order valence-corrected chi connectivity index (χ2v) is 4.14. The van der Waals surface area contributed by atoms with E-state index in [9.17, 15) is 5.26 Å². The van der Waals surface area contributed by atoms with Crippen molar-refractivity contribution in [3.63, 3.8) is 0 Å². The van der Waals surface area contributed by atoms with Gasteiger partial charge in [-0.3, -0.25) is 0 Å². The molecule has 2 nitrogen and oxygen atoms in total. The van der Waals surface area contributed by atoms with Crippen LogP contribution in [-0.2, 0) is 6.42 Å².